The number of carbonyl (C=O) groups excluding carboxylic acids is 1. The lowest BCUT2D eigenvalue weighted by Gasteiger charge is -2.33. The Hall–Kier alpha value is -1.55. The molecule has 4 nitrogen and oxygen atoms in total. The molecule has 0 radical (unpaired) electrons. The quantitative estimate of drug-likeness (QED) is 0.759. The van der Waals surface area contributed by atoms with Gasteiger partial charge in [0.05, 0.1) is 6.04 Å². The fourth-order valence-corrected chi connectivity index (χ4v) is 2.26. The van der Waals surface area contributed by atoms with E-state index in [1.165, 1.54) is 0 Å². The molecule has 118 valence electrons. The van der Waals surface area contributed by atoms with E-state index in [0.717, 1.165) is 17.7 Å². The second-order valence-electron chi connectivity index (χ2n) is 5.96. The van der Waals surface area contributed by atoms with Crippen LogP contribution in [0.5, 0.6) is 0 Å². The summed E-state index contributed by atoms with van der Waals surface area (Å²) in [6, 6.07) is 8.12. The number of nitrogen functional groups attached to an aromatic ring is 1. The summed E-state index contributed by atoms with van der Waals surface area (Å²) in [6.45, 7) is 10.9. The van der Waals surface area contributed by atoms with Gasteiger partial charge in [-0.05, 0) is 45.7 Å². The van der Waals surface area contributed by atoms with Gasteiger partial charge in [0.1, 0.15) is 0 Å². The third-order valence-electron chi connectivity index (χ3n) is 3.95. The van der Waals surface area contributed by atoms with Gasteiger partial charge in [0, 0.05) is 24.3 Å². The number of amides is 1. The lowest BCUT2D eigenvalue weighted by atomic mass is 10.1. The van der Waals surface area contributed by atoms with Crippen molar-refractivity contribution in [2.45, 2.75) is 65.7 Å². The molecule has 0 heterocycles. The topological polar surface area (TPSA) is 58.4 Å². The van der Waals surface area contributed by atoms with Gasteiger partial charge in [0.2, 0.25) is 5.91 Å². The number of nitrogens with one attached hydrogen (secondary N) is 1. The van der Waals surface area contributed by atoms with Crippen molar-refractivity contribution in [3.05, 3.63) is 29.8 Å². The van der Waals surface area contributed by atoms with Crippen LogP contribution in [0.25, 0.3) is 0 Å². The zero-order valence-electron chi connectivity index (χ0n) is 13.9. The van der Waals surface area contributed by atoms with Gasteiger partial charge >= 0.3 is 0 Å². The van der Waals surface area contributed by atoms with Gasteiger partial charge in [0.15, 0.2) is 0 Å². The summed E-state index contributed by atoms with van der Waals surface area (Å²) in [7, 11) is 0. The third kappa shape index (κ3) is 5.05. The van der Waals surface area contributed by atoms with E-state index in [1.54, 1.807) is 0 Å². The molecular formula is C17H29N3O. The maximum Gasteiger partial charge on any atom is 0.237 e. The smallest absolute Gasteiger partial charge is 0.237 e. The maximum atomic E-state index is 12.3. The summed E-state index contributed by atoms with van der Waals surface area (Å²) in [5.74, 6) is 0.0764. The van der Waals surface area contributed by atoms with E-state index >= 15 is 0 Å². The van der Waals surface area contributed by atoms with Gasteiger partial charge in [-0.15, -0.1) is 0 Å². The minimum absolute atomic E-state index is 0.0764. The number of hydrogen-bond acceptors (Lipinski definition) is 3. The predicted molar refractivity (Wildman–Crippen MR) is 88.9 cm³/mol. The van der Waals surface area contributed by atoms with Crippen LogP contribution in [0.2, 0.25) is 0 Å². The molecule has 0 bridgehead atoms. The van der Waals surface area contributed by atoms with Gasteiger partial charge < -0.3 is 11.1 Å². The Morgan fingerprint density at radius 1 is 1.24 bits per heavy atom. The summed E-state index contributed by atoms with van der Waals surface area (Å²) in [6.07, 6.45) is 0.936. The fourth-order valence-electron chi connectivity index (χ4n) is 2.26. The molecule has 4 heteroatoms. The van der Waals surface area contributed by atoms with Crippen LogP contribution < -0.4 is 11.1 Å². The van der Waals surface area contributed by atoms with Crippen LogP contribution in [-0.2, 0) is 11.3 Å². The standard InChI is InChI=1S/C17H29N3O/c1-6-13(4)19-17(21)14(5)20(12(2)3)11-15-9-7-8-10-16(15)18/h7-10,12-14H,6,11,18H2,1-5H3,(H,19,21). The summed E-state index contributed by atoms with van der Waals surface area (Å²) < 4.78 is 0. The van der Waals surface area contributed by atoms with Crippen molar-refractivity contribution in [1.82, 2.24) is 10.2 Å². The predicted octanol–water partition coefficient (Wildman–Crippen LogP) is 2.78. The first-order chi connectivity index (χ1) is 9.86. The molecule has 1 aromatic carbocycles. The summed E-state index contributed by atoms with van der Waals surface area (Å²) in [5, 5.41) is 3.05. The zero-order chi connectivity index (χ0) is 16.0. The first-order valence-electron chi connectivity index (χ1n) is 7.76. The molecule has 21 heavy (non-hydrogen) atoms. The third-order valence-corrected chi connectivity index (χ3v) is 3.95. The Morgan fingerprint density at radius 2 is 1.86 bits per heavy atom. The van der Waals surface area contributed by atoms with Gasteiger partial charge in [0.25, 0.3) is 0 Å². The normalized spacial score (nSPS) is 14.2. The Balaban J connectivity index is 2.82. The number of benzene rings is 1. The molecule has 0 fully saturated rings. The lowest BCUT2D eigenvalue weighted by Crippen LogP contribution is -2.49. The molecule has 0 aromatic heterocycles. The van der Waals surface area contributed by atoms with E-state index in [1.807, 2.05) is 38.1 Å². The van der Waals surface area contributed by atoms with Crippen LogP contribution in [0.4, 0.5) is 5.69 Å². The highest BCUT2D eigenvalue weighted by molar-refractivity contribution is 5.81. The molecule has 2 unspecified atom stereocenters. The highest BCUT2D eigenvalue weighted by atomic mass is 16.2. The molecule has 0 aliphatic rings. The maximum absolute atomic E-state index is 12.3. The fraction of sp³-hybridized carbons (Fsp3) is 0.588. The minimum atomic E-state index is -0.182. The Kier molecular flexibility index (Phi) is 6.69. The molecule has 0 saturated carbocycles. The Morgan fingerprint density at radius 3 is 2.38 bits per heavy atom. The lowest BCUT2D eigenvalue weighted by molar-refractivity contribution is -0.127. The van der Waals surface area contributed by atoms with E-state index in [2.05, 4.69) is 31.0 Å². The second-order valence-corrected chi connectivity index (χ2v) is 5.96. The van der Waals surface area contributed by atoms with Crippen LogP contribution in [0, 0.1) is 0 Å². The number of nitrogens with zero attached hydrogens (tertiary/aromatic N) is 1. The van der Waals surface area contributed by atoms with Gasteiger partial charge in [-0.1, -0.05) is 25.1 Å². The molecule has 0 spiro atoms. The van der Waals surface area contributed by atoms with Crippen molar-refractivity contribution in [3.8, 4) is 0 Å². The molecule has 2 atom stereocenters. The summed E-state index contributed by atoms with van der Waals surface area (Å²) in [4.78, 5) is 14.5. The average Bonchev–Trinajstić information content (AvgIpc) is 2.45. The summed E-state index contributed by atoms with van der Waals surface area (Å²) in [5.41, 5.74) is 7.86. The van der Waals surface area contributed by atoms with Crippen LogP contribution in [0.15, 0.2) is 24.3 Å². The van der Waals surface area contributed by atoms with E-state index in [-0.39, 0.29) is 24.0 Å². The van der Waals surface area contributed by atoms with Gasteiger partial charge in [-0.25, -0.2) is 0 Å². The SMILES string of the molecule is CCC(C)NC(=O)C(C)N(Cc1ccccc1N)C(C)C. The van der Waals surface area contributed by atoms with E-state index in [4.69, 9.17) is 5.73 Å². The first-order valence-corrected chi connectivity index (χ1v) is 7.76. The summed E-state index contributed by atoms with van der Waals surface area (Å²) >= 11 is 0. The molecule has 0 aliphatic heterocycles. The molecule has 1 amide bonds. The van der Waals surface area contributed by atoms with Crippen molar-refractivity contribution in [3.63, 3.8) is 0 Å². The van der Waals surface area contributed by atoms with E-state index in [0.29, 0.717) is 6.54 Å². The van der Waals surface area contributed by atoms with E-state index < -0.39 is 0 Å². The van der Waals surface area contributed by atoms with Crippen LogP contribution >= 0.6 is 0 Å². The van der Waals surface area contributed by atoms with Crippen molar-refractivity contribution in [1.29, 1.82) is 0 Å². The van der Waals surface area contributed by atoms with Crippen LogP contribution in [0.1, 0.15) is 46.6 Å². The molecule has 0 saturated heterocycles. The zero-order valence-corrected chi connectivity index (χ0v) is 13.9. The van der Waals surface area contributed by atoms with Crippen molar-refractivity contribution < 1.29 is 4.79 Å². The van der Waals surface area contributed by atoms with Gasteiger partial charge in [-0.3, -0.25) is 9.69 Å². The number of hydrogen-bond donors (Lipinski definition) is 2. The Labute approximate surface area is 128 Å². The van der Waals surface area contributed by atoms with Crippen LogP contribution in [-0.4, -0.2) is 28.9 Å². The molecular weight excluding hydrogens is 262 g/mol. The molecule has 3 N–H and O–H groups in total. The minimum Gasteiger partial charge on any atom is -0.398 e. The van der Waals surface area contributed by atoms with Crippen LogP contribution in [0.3, 0.4) is 0 Å². The number of carbonyl (C=O) groups is 1. The highest BCUT2D eigenvalue weighted by Crippen LogP contribution is 2.17. The highest BCUT2D eigenvalue weighted by Gasteiger charge is 2.24. The monoisotopic (exact) mass is 291 g/mol. The van der Waals surface area contributed by atoms with Gasteiger partial charge in [-0.2, -0.15) is 0 Å². The Bertz CT molecular complexity index is 459. The van der Waals surface area contributed by atoms with Crippen molar-refractivity contribution >= 4 is 11.6 Å². The van der Waals surface area contributed by atoms with Crippen molar-refractivity contribution in [2.24, 2.45) is 0 Å². The molecule has 1 aromatic rings. The largest absolute Gasteiger partial charge is 0.398 e. The number of anilines is 1. The van der Waals surface area contributed by atoms with E-state index in [9.17, 15) is 4.79 Å². The average molecular weight is 291 g/mol. The number of para-hydroxylation sites is 1. The first kappa shape index (κ1) is 17.5. The van der Waals surface area contributed by atoms with Crippen molar-refractivity contribution in [2.75, 3.05) is 5.73 Å². The molecule has 0 aliphatic carbocycles. The second kappa shape index (κ2) is 8.03. The number of rotatable bonds is 7. The number of nitrogens with two attached hydrogens (primary N) is 1. The molecule has 1 rings (SSSR count).